The molecule has 1 amide bonds. The Kier molecular flexibility index (Phi) is 5.21. The third-order valence-electron chi connectivity index (χ3n) is 4.12. The van der Waals surface area contributed by atoms with E-state index in [1.807, 2.05) is 47.8 Å². The van der Waals surface area contributed by atoms with Crippen LogP contribution in [0, 0.1) is 0 Å². The number of thiazole rings is 1. The highest BCUT2D eigenvalue weighted by atomic mass is 32.1. The summed E-state index contributed by atoms with van der Waals surface area (Å²) in [6.07, 6.45) is 1.42. The smallest absolute Gasteiger partial charge is 0.279 e. The molecule has 0 fully saturated rings. The molecule has 2 aromatic heterocycles. The van der Waals surface area contributed by atoms with Gasteiger partial charge < -0.3 is 9.47 Å². The Bertz CT molecular complexity index is 1140. The number of nitrogens with zero attached hydrogens (tertiary/aromatic N) is 4. The van der Waals surface area contributed by atoms with E-state index < -0.39 is 0 Å². The summed E-state index contributed by atoms with van der Waals surface area (Å²) in [5.74, 6) is 0.948. The lowest BCUT2D eigenvalue weighted by Crippen LogP contribution is -2.13. The molecule has 1 N–H and O–H groups in total. The fourth-order valence-electron chi connectivity index (χ4n) is 2.68. The number of hydrogen-bond acceptors (Lipinski definition) is 7. The van der Waals surface area contributed by atoms with Gasteiger partial charge in [-0.2, -0.15) is 9.90 Å². The quantitative estimate of drug-likeness (QED) is 0.525. The lowest BCUT2D eigenvalue weighted by Gasteiger charge is -2.08. The van der Waals surface area contributed by atoms with Crippen LogP contribution in [0.15, 0.2) is 60.1 Å². The van der Waals surface area contributed by atoms with Crippen molar-refractivity contribution < 1.29 is 14.3 Å². The van der Waals surface area contributed by atoms with Crippen molar-refractivity contribution in [2.75, 3.05) is 19.5 Å². The minimum absolute atomic E-state index is 0.202. The molecular formula is C20H17N5O3S. The zero-order chi connectivity index (χ0) is 20.2. The van der Waals surface area contributed by atoms with E-state index in [0.29, 0.717) is 22.3 Å². The number of rotatable bonds is 6. The fourth-order valence-corrected chi connectivity index (χ4v) is 3.38. The average molecular weight is 407 g/mol. The Morgan fingerprint density at radius 3 is 2.69 bits per heavy atom. The normalized spacial score (nSPS) is 10.6. The monoisotopic (exact) mass is 407 g/mol. The standard InChI is InChI=1S/C20H17N5O3S/c1-27-14-8-9-15(18(10-14)28-2)17-12-29-20(22-17)23-19(26)16-11-21-25(24-16)13-6-4-3-5-7-13/h3-12H,1-2H3,(H,22,23,26). The summed E-state index contributed by atoms with van der Waals surface area (Å²) in [4.78, 5) is 18.4. The molecule has 0 radical (unpaired) electrons. The van der Waals surface area contributed by atoms with Gasteiger partial charge in [-0.3, -0.25) is 10.1 Å². The van der Waals surface area contributed by atoms with E-state index in [0.717, 1.165) is 11.3 Å². The Morgan fingerprint density at radius 1 is 1.10 bits per heavy atom. The van der Waals surface area contributed by atoms with Crippen LogP contribution in [0.4, 0.5) is 5.13 Å². The van der Waals surface area contributed by atoms with Gasteiger partial charge in [-0.1, -0.05) is 18.2 Å². The lowest BCUT2D eigenvalue weighted by atomic mass is 10.1. The molecule has 0 aliphatic heterocycles. The van der Waals surface area contributed by atoms with Crippen molar-refractivity contribution in [2.45, 2.75) is 0 Å². The van der Waals surface area contributed by atoms with Gasteiger partial charge in [0.1, 0.15) is 11.5 Å². The highest BCUT2D eigenvalue weighted by molar-refractivity contribution is 7.14. The highest BCUT2D eigenvalue weighted by Crippen LogP contribution is 2.34. The molecule has 0 aliphatic carbocycles. The number of aromatic nitrogens is 4. The number of nitrogens with one attached hydrogen (secondary N) is 1. The summed E-state index contributed by atoms with van der Waals surface area (Å²) >= 11 is 1.31. The molecule has 0 saturated heterocycles. The maximum atomic E-state index is 12.5. The summed E-state index contributed by atoms with van der Waals surface area (Å²) in [5.41, 5.74) is 2.47. The fraction of sp³-hybridized carbons (Fsp3) is 0.100. The summed E-state index contributed by atoms with van der Waals surface area (Å²) in [6, 6.07) is 14.9. The second-order valence-electron chi connectivity index (χ2n) is 5.91. The van der Waals surface area contributed by atoms with Crippen molar-refractivity contribution in [3.8, 4) is 28.4 Å². The summed E-state index contributed by atoms with van der Waals surface area (Å²) in [5, 5.41) is 13.4. The van der Waals surface area contributed by atoms with Crippen molar-refractivity contribution >= 4 is 22.4 Å². The largest absolute Gasteiger partial charge is 0.497 e. The Labute approximate surface area is 170 Å². The molecule has 146 valence electrons. The minimum Gasteiger partial charge on any atom is -0.497 e. The number of carbonyl (C=O) groups excluding carboxylic acids is 1. The van der Waals surface area contributed by atoms with Gasteiger partial charge in [0, 0.05) is 17.0 Å². The zero-order valence-corrected chi connectivity index (χ0v) is 16.5. The summed E-state index contributed by atoms with van der Waals surface area (Å²) in [7, 11) is 3.18. The van der Waals surface area contributed by atoms with Crippen molar-refractivity contribution in [1.29, 1.82) is 0 Å². The van der Waals surface area contributed by atoms with E-state index >= 15 is 0 Å². The van der Waals surface area contributed by atoms with Crippen molar-refractivity contribution in [3.05, 3.63) is 65.8 Å². The third kappa shape index (κ3) is 3.94. The van der Waals surface area contributed by atoms with Crippen molar-refractivity contribution in [2.24, 2.45) is 0 Å². The van der Waals surface area contributed by atoms with Crippen LogP contribution in [0.2, 0.25) is 0 Å². The predicted octanol–water partition coefficient (Wildman–Crippen LogP) is 3.66. The second kappa shape index (κ2) is 8.11. The average Bonchev–Trinajstić information content (AvgIpc) is 3.44. The number of benzene rings is 2. The van der Waals surface area contributed by atoms with Crippen LogP contribution in [0.25, 0.3) is 16.9 Å². The van der Waals surface area contributed by atoms with Crippen LogP contribution in [0.5, 0.6) is 11.5 Å². The molecule has 4 rings (SSSR count). The highest BCUT2D eigenvalue weighted by Gasteiger charge is 2.16. The Morgan fingerprint density at radius 2 is 1.93 bits per heavy atom. The number of para-hydroxylation sites is 1. The van der Waals surface area contributed by atoms with E-state index in [1.165, 1.54) is 22.3 Å². The van der Waals surface area contributed by atoms with Crippen molar-refractivity contribution in [3.63, 3.8) is 0 Å². The van der Waals surface area contributed by atoms with E-state index in [4.69, 9.17) is 9.47 Å². The Hall–Kier alpha value is -3.72. The molecule has 0 aliphatic rings. The molecule has 2 heterocycles. The van der Waals surface area contributed by atoms with Gasteiger partial charge in [0.15, 0.2) is 10.8 Å². The molecule has 0 bridgehead atoms. The number of hydrogen-bond donors (Lipinski definition) is 1. The molecule has 4 aromatic rings. The molecule has 29 heavy (non-hydrogen) atoms. The van der Waals surface area contributed by atoms with Crippen LogP contribution in [-0.4, -0.2) is 40.1 Å². The van der Waals surface area contributed by atoms with Gasteiger partial charge in [0.05, 0.1) is 31.8 Å². The number of carbonyl (C=O) groups is 1. The van der Waals surface area contributed by atoms with Crippen LogP contribution < -0.4 is 14.8 Å². The maximum Gasteiger partial charge on any atom is 0.279 e. The number of anilines is 1. The van der Waals surface area contributed by atoms with E-state index in [1.54, 1.807) is 20.3 Å². The first-order valence-electron chi connectivity index (χ1n) is 8.65. The van der Waals surface area contributed by atoms with Crippen LogP contribution in [0.1, 0.15) is 10.5 Å². The molecule has 8 nitrogen and oxygen atoms in total. The first-order chi connectivity index (χ1) is 14.2. The third-order valence-corrected chi connectivity index (χ3v) is 4.88. The molecule has 0 atom stereocenters. The molecule has 0 saturated carbocycles. The van der Waals surface area contributed by atoms with Gasteiger partial charge in [-0.05, 0) is 24.3 Å². The topological polar surface area (TPSA) is 91.2 Å². The SMILES string of the molecule is COc1ccc(-c2csc(NC(=O)c3cnn(-c4ccccc4)n3)n2)c(OC)c1. The predicted molar refractivity (Wildman–Crippen MR) is 110 cm³/mol. The number of methoxy groups -OCH3 is 2. The van der Waals surface area contributed by atoms with Gasteiger partial charge in [0.2, 0.25) is 0 Å². The molecule has 9 heteroatoms. The molecular weight excluding hydrogens is 390 g/mol. The lowest BCUT2D eigenvalue weighted by molar-refractivity contribution is 0.102. The molecule has 0 unspecified atom stereocenters. The number of ether oxygens (including phenoxy) is 2. The number of amides is 1. The first kappa shape index (κ1) is 18.6. The van der Waals surface area contributed by atoms with E-state index in [2.05, 4.69) is 20.5 Å². The van der Waals surface area contributed by atoms with Crippen molar-refractivity contribution in [1.82, 2.24) is 20.0 Å². The van der Waals surface area contributed by atoms with Gasteiger partial charge >= 0.3 is 0 Å². The van der Waals surface area contributed by atoms with Gasteiger partial charge in [-0.15, -0.1) is 16.4 Å². The summed E-state index contributed by atoms with van der Waals surface area (Å²) in [6.45, 7) is 0. The molecule has 2 aromatic carbocycles. The first-order valence-corrected chi connectivity index (χ1v) is 9.53. The minimum atomic E-state index is -0.380. The van der Waals surface area contributed by atoms with Crippen LogP contribution in [0.3, 0.4) is 0 Å². The van der Waals surface area contributed by atoms with Crippen LogP contribution in [-0.2, 0) is 0 Å². The van der Waals surface area contributed by atoms with Gasteiger partial charge in [0.25, 0.3) is 5.91 Å². The van der Waals surface area contributed by atoms with Crippen LogP contribution >= 0.6 is 11.3 Å². The maximum absolute atomic E-state index is 12.5. The van der Waals surface area contributed by atoms with E-state index in [-0.39, 0.29) is 11.6 Å². The van der Waals surface area contributed by atoms with E-state index in [9.17, 15) is 4.79 Å². The summed E-state index contributed by atoms with van der Waals surface area (Å²) < 4.78 is 10.6. The second-order valence-corrected chi connectivity index (χ2v) is 6.77. The molecule has 0 spiro atoms. The Balaban J connectivity index is 1.51. The van der Waals surface area contributed by atoms with Gasteiger partial charge in [-0.25, -0.2) is 4.98 Å². The zero-order valence-electron chi connectivity index (χ0n) is 15.7.